The summed E-state index contributed by atoms with van der Waals surface area (Å²) in [6.07, 6.45) is 7.33. The van der Waals surface area contributed by atoms with Crippen molar-refractivity contribution in [3.05, 3.63) is 0 Å². The fourth-order valence-corrected chi connectivity index (χ4v) is 2.22. The summed E-state index contributed by atoms with van der Waals surface area (Å²) in [5, 5.41) is 9.39. The van der Waals surface area contributed by atoms with Crippen LogP contribution in [0.25, 0.3) is 0 Å². The molecule has 0 heterocycles. The Kier molecular flexibility index (Phi) is 4.74. The summed E-state index contributed by atoms with van der Waals surface area (Å²) in [5.74, 6) is 0. The predicted molar refractivity (Wildman–Crippen MR) is 53.7 cm³/mol. The molecular weight excluding hydrogens is 164 g/mol. The molecule has 2 heteroatoms. The summed E-state index contributed by atoms with van der Waals surface area (Å²) < 4.78 is 5.35. The number of aliphatic hydroxyl groups is 1. The normalized spacial score (nSPS) is 21.7. The molecule has 0 spiro atoms. The molecule has 0 aromatic carbocycles. The molecule has 78 valence electrons. The molecule has 0 amide bonds. The maximum absolute atomic E-state index is 9.39. The van der Waals surface area contributed by atoms with E-state index in [1.54, 1.807) is 0 Å². The van der Waals surface area contributed by atoms with Gasteiger partial charge in [0.05, 0.1) is 0 Å². The quantitative estimate of drug-likeness (QED) is 0.668. The highest BCUT2D eigenvalue weighted by molar-refractivity contribution is 4.81. The number of hydrogen-bond acceptors (Lipinski definition) is 2. The van der Waals surface area contributed by atoms with Gasteiger partial charge in [-0.3, -0.25) is 0 Å². The maximum atomic E-state index is 9.39. The molecule has 0 unspecified atom stereocenters. The molecule has 0 radical (unpaired) electrons. The first-order chi connectivity index (χ1) is 6.33. The van der Waals surface area contributed by atoms with E-state index in [-0.39, 0.29) is 5.41 Å². The van der Waals surface area contributed by atoms with Gasteiger partial charge in [-0.15, -0.1) is 0 Å². The van der Waals surface area contributed by atoms with Crippen LogP contribution in [0.5, 0.6) is 0 Å². The Morgan fingerprint density at radius 2 is 1.92 bits per heavy atom. The molecule has 1 aliphatic carbocycles. The van der Waals surface area contributed by atoms with Crippen molar-refractivity contribution in [1.29, 1.82) is 0 Å². The van der Waals surface area contributed by atoms with Crippen LogP contribution in [0, 0.1) is 5.41 Å². The summed E-state index contributed by atoms with van der Waals surface area (Å²) in [5.41, 5.74) is 0.202. The van der Waals surface area contributed by atoms with Gasteiger partial charge >= 0.3 is 0 Å². The standard InChI is InChI=1S/C11H22O2/c1-2-13-9-8-11(10-12)6-4-3-5-7-11/h12H,2-10H2,1H3. The molecular formula is C11H22O2. The van der Waals surface area contributed by atoms with Gasteiger partial charge in [0.15, 0.2) is 0 Å². The Morgan fingerprint density at radius 1 is 1.23 bits per heavy atom. The molecule has 1 rings (SSSR count). The van der Waals surface area contributed by atoms with Crippen molar-refractivity contribution in [2.45, 2.75) is 45.4 Å². The van der Waals surface area contributed by atoms with Crippen LogP contribution in [0.1, 0.15) is 45.4 Å². The molecule has 0 saturated heterocycles. The Bertz CT molecular complexity index is 128. The minimum absolute atomic E-state index is 0.202. The first kappa shape index (κ1) is 11.0. The highest BCUT2D eigenvalue weighted by atomic mass is 16.5. The van der Waals surface area contributed by atoms with Gasteiger partial charge in [0.2, 0.25) is 0 Å². The molecule has 1 saturated carbocycles. The Hall–Kier alpha value is -0.0800. The first-order valence-corrected chi connectivity index (χ1v) is 5.51. The SMILES string of the molecule is CCOCCC1(CO)CCCCC1. The predicted octanol–water partition coefficient (Wildman–Crippen LogP) is 2.36. The van der Waals surface area contributed by atoms with E-state index in [0.29, 0.717) is 6.61 Å². The van der Waals surface area contributed by atoms with E-state index in [4.69, 9.17) is 4.74 Å². The van der Waals surface area contributed by atoms with Crippen molar-refractivity contribution in [3.8, 4) is 0 Å². The van der Waals surface area contributed by atoms with Crippen molar-refractivity contribution in [1.82, 2.24) is 0 Å². The molecule has 0 bridgehead atoms. The van der Waals surface area contributed by atoms with E-state index < -0.39 is 0 Å². The number of rotatable bonds is 5. The van der Waals surface area contributed by atoms with Crippen LogP contribution in [-0.2, 0) is 4.74 Å². The number of aliphatic hydroxyl groups excluding tert-OH is 1. The van der Waals surface area contributed by atoms with Crippen molar-refractivity contribution in [2.24, 2.45) is 5.41 Å². The van der Waals surface area contributed by atoms with Crippen molar-refractivity contribution in [3.63, 3.8) is 0 Å². The van der Waals surface area contributed by atoms with Gasteiger partial charge in [0, 0.05) is 19.8 Å². The molecule has 13 heavy (non-hydrogen) atoms. The summed E-state index contributed by atoms with van der Waals surface area (Å²) >= 11 is 0. The van der Waals surface area contributed by atoms with Crippen LogP contribution in [-0.4, -0.2) is 24.9 Å². The molecule has 1 aliphatic rings. The molecule has 2 nitrogen and oxygen atoms in total. The summed E-state index contributed by atoms with van der Waals surface area (Å²) in [6, 6.07) is 0. The molecule has 0 aromatic heterocycles. The van der Waals surface area contributed by atoms with E-state index in [0.717, 1.165) is 19.6 Å². The van der Waals surface area contributed by atoms with Crippen LogP contribution in [0.15, 0.2) is 0 Å². The third kappa shape index (κ3) is 3.28. The number of ether oxygens (including phenoxy) is 1. The van der Waals surface area contributed by atoms with Crippen molar-refractivity contribution < 1.29 is 9.84 Å². The largest absolute Gasteiger partial charge is 0.396 e. The van der Waals surface area contributed by atoms with Crippen LogP contribution < -0.4 is 0 Å². The van der Waals surface area contributed by atoms with Crippen molar-refractivity contribution >= 4 is 0 Å². The molecule has 0 atom stereocenters. The lowest BCUT2D eigenvalue weighted by Crippen LogP contribution is -2.29. The molecule has 0 aromatic rings. The Labute approximate surface area is 81.3 Å². The van der Waals surface area contributed by atoms with Gasteiger partial charge in [-0.25, -0.2) is 0 Å². The summed E-state index contributed by atoms with van der Waals surface area (Å²) in [4.78, 5) is 0. The molecule has 1 fully saturated rings. The maximum Gasteiger partial charge on any atom is 0.0488 e. The summed E-state index contributed by atoms with van der Waals surface area (Å²) in [6.45, 7) is 3.98. The molecule has 0 aliphatic heterocycles. The minimum Gasteiger partial charge on any atom is -0.396 e. The van der Waals surface area contributed by atoms with E-state index in [1.807, 2.05) is 6.92 Å². The van der Waals surface area contributed by atoms with Crippen LogP contribution >= 0.6 is 0 Å². The Morgan fingerprint density at radius 3 is 2.46 bits per heavy atom. The lowest BCUT2D eigenvalue weighted by atomic mass is 9.73. The zero-order valence-electron chi connectivity index (χ0n) is 8.72. The highest BCUT2D eigenvalue weighted by Crippen LogP contribution is 2.38. The lowest BCUT2D eigenvalue weighted by Gasteiger charge is -2.35. The van der Waals surface area contributed by atoms with Gasteiger partial charge in [-0.1, -0.05) is 19.3 Å². The fraction of sp³-hybridized carbons (Fsp3) is 1.00. The second-order valence-corrected chi connectivity index (χ2v) is 4.17. The van der Waals surface area contributed by atoms with Crippen LogP contribution in [0.4, 0.5) is 0 Å². The van der Waals surface area contributed by atoms with Gasteiger partial charge in [0.25, 0.3) is 0 Å². The first-order valence-electron chi connectivity index (χ1n) is 5.51. The third-order valence-corrected chi connectivity index (χ3v) is 3.23. The van der Waals surface area contributed by atoms with E-state index >= 15 is 0 Å². The summed E-state index contributed by atoms with van der Waals surface area (Å²) in [7, 11) is 0. The second-order valence-electron chi connectivity index (χ2n) is 4.17. The average molecular weight is 186 g/mol. The zero-order valence-corrected chi connectivity index (χ0v) is 8.72. The fourth-order valence-electron chi connectivity index (χ4n) is 2.22. The van der Waals surface area contributed by atoms with E-state index in [2.05, 4.69) is 0 Å². The van der Waals surface area contributed by atoms with E-state index in [1.165, 1.54) is 32.1 Å². The van der Waals surface area contributed by atoms with Crippen LogP contribution in [0.2, 0.25) is 0 Å². The number of hydrogen-bond donors (Lipinski definition) is 1. The van der Waals surface area contributed by atoms with Crippen LogP contribution in [0.3, 0.4) is 0 Å². The monoisotopic (exact) mass is 186 g/mol. The topological polar surface area (TPSA) is 29.5 Å². The van der Waals surface area contributed by atoms with E-state index in [9.17, 15) is 5.11 Å². The van der Waals surface area contributed by atoms with Crippen molar-refractivity contribution in [2.75, 3.05) is 19.8 Å². The van der Waals surface area contributed by atoms with Gasteiger partial charge in [0.1, 0.15) is 0 Å². The smallest absolute Gasteiger partial charge is 0.0488 e. The Balaban J connectivity index is 2.29. The van der Waals surface area contributed by atoms with Gasteiger partial charge < -0.3 is 9.84 Å². The van der Waals surface area contributed by atoms with Gasteiger partial charge in [-0.2, -0.15) is 0 Å². The second kappa shape index (κ2) is 5.61. The molecule has 1 N–H and O–H groups in total. The minimum atomic E-state index is 0.202. The van der Waals surface area contributed by atoms with Gasteiger partial charge in [-0.05, 0) is 31.6 Å². The highest BCUT2D eigenvalue weighted by Gasteiger charge is 2.30. The lowest BCUT2D eigenvalue weighted by molar-refractivity contribution is 0.0348. The zero-order chi connectivity index (χ0) is 9.57. The average Bonchev–Trinajstić information content (AvgIpc) is 2.20. The third-order valence-electron chi connectivity index (χ3n) is 3.23.